The molecule has 0 aromatic carbocycles. The normalized spacial score (nSPS) is 14.5. The molecule has 0 spiro atoms. The highest BCUT2D eigenvalue weighted by molar-refractivity contribution is 5.68. The van der Waals surface area contributed by atoms with Gasteiger partial charge in [0.2, 0.25) is 0 Å². The van der Waals surface area contributed by atoms with E-state index >= 15 is 0 Å². The van der Waals surface area contributed by atoms with Crippen molar-refractivity contribution in [2.24, 2.45) is 0 Å². The van der Waals surface area contributed by atoms with Crippen molar-refractivity contribution in [1.82, 2.24) is 15.0 Å². The van der Waals surface area contributed by atoms with Gasteiger partial charge in [0.15, 0.2) is 0 Å². The van der Waals surface area contributed by atoms with Gasteiger partial charge < -0.3 is 5.32 Å². The lowest BCUT2D eigenvalue weighted by molar-refractivity contribution is 0.923. The SMILES string of the molecule is CNc1nc(C2CC2)nc(-c2ccnc(C)c2)c1C. The number of hydrogen-bond donors (Lipinski definition) is 1. The van der Waals surface area contributed by atoms with E-state index in [0.29, 0.717) is 5.92 Å². The molecular formula is C15H18N4. The van der Waals surface area contributed by atoms with E-state index in [9.17, 15) is 0 Å². The Hall–Kier alpha value is -1.97. The summed E-state index contributed by atoms with van der Waals surface area (Å²) >= 11 is 0. The molecular weight excluding hydrogens is 236 g/mol. The molecule has 4 nitrogen and oxygen atoms in total. The van der Waals surface area contributed by atoms with Crippen LogP contribution in [0.1, 0.15) is 35.8 Å². The molecule has 0 aliphatic heterocycles. The van der Waals surface area contributed by atoms with E-state index in [1.807, 2.05) is 26.2 Å². The number of aryl methyl sites for hydroxylation is 1. The maximum atomic E-state index is 4.78. The molecule has 0 atom stereocenters. The molecule has 98 valence electrons. The molecule has 0 amide bonds. The van der Waals surface area contributed by atoms with Crippen LogP contribution < -0.4 is 5.32 Å². The summed E-state index contributed by atoms with van der Waals surface area (Å²) in [6.07, 6.45) is 4.25. The smallest absolute Gasteiger partial charge is 0.134 e. The minimum atomic E-state index is 0.550. The molecule has 0 unspecified atom stereocenters. The van der Waals surface area contributed by atoms with Gasteiger partial charge >= 0.3 is 0 Å². The third-order valence-electron chi connectivity index (χ3n) is 3.51. The molecule has 0 radical (unpaired) electrons. The predicted octanol–water partition coefficient (Wildman–Crippen LogP) is 3.07. The van der Waals surface area contributed by atoms with Crippen LogP contribution in [-0.2, 0) is 0 Å². The molecule has 1 N–H and O–H groups in total. The fourth-order valence-electron chi connectivity index (χ4n) is 2.28. The van der Waals surface area contributed by atoms with Gasteiger partial charge in [-0.3, -0.25) is 4.98 Å². The van der Waals surface area contributed by atoms with Crippen LogP contribution >= 0.6 is 0 Å². The first-order valence-corrected chi connectivity index (χ1v) is 6.68. The highest BCUT2D eigenvalue weighted by Crippen LogP contribution is 2.40. The summed E-state index contributed by atoms with van der Waals surface area (Å²) in [5, 5.41) is 3.18. The van der Waals surface area contributed by atoms with E-state index in [1.165, 1.54) is 12.8 Å². The van der Waals surface area contributed by atoms with Crippen molar-refractivity contribution in [3.05, 3.63) is 35.4 Å². The molecule has 0 saturated heterocycles. The molecule has 3 rings (SSSR count). The maximum absolute atomic E-state index is 4.78. The van der Waals surface area contributed by atoms with Gasteiger partial charge in [-0.25, -0.2) is 9.97 Å². The number of nitrogens with zero attached hydrogens (tertiary/aromatic N) is 3. The summed E-state index contributed by atoms with van der Waals surface area (Å²) in [5.41, 5.74) is 4.24. The summed E-state index contributed by atoms with van der Waals surface area (Å²) < 4.78 is 0. The van der Waals surface area contributed by atoms with E-state index in [1.54, 1.807) is 0 Å². The fourth-order valence-corrected chi connectivity index (χ4v) is 2.28. The molecule has 2 heterocycles. The van der Waals surface area contributed by atoms with Crippen molar-refractivity contribution in [2.75, 3.05) is 12.4 Å². The Kier molecular flexibility index (Phi) is 2.93. The lowest BCUT2D eigenvalue weighted by Gasteiger charge is -2.12. The molecule has 0 bridgehead atoms. The summed E-state index contributed by atoms with van der Waals surface area (Å²) in [6, 6.07) is 4.09. The van der Waals surface area contributed by atoms with Gasteiger partial charge in [0.05, 0.1) is 5.69 Å². The highest BCUT2D eigenvalue weighted by Gasteiger charge is 2.28. The van der Waals surface area contributed by atoms with Crippen molar-refractivity contribution in [1.29, 1.82) is 0 Å². The van der Waals surface area contributed by atoms with Gasteiger partial charge in [0, 0.05) is 36.0 Å². The van der Waals surface area contributed by atoms with Gasteiger partial charge in [-0.2, -0.15) is 0 Å². The Morgan fingerprint density at radius 1 is 1.21 bits per heavy atom. The van der Waals surface area contributed by atoms with Crippen LogP contribution in [0.15, 0.2) is 18.3 Å². The Labute approximate surface area is 113 Å². The van der Waals surface area contributed by atoms with E-state index in [4.69, 9.17) is 4.98 Å². The molecule has 2 aromatic rings. The maximum Gasteiger partial charge on any atom is 0.134 e. The molecule has 2 aromatic heterocycles. The molecule has 1 aliphatic carbocycles. The zero-order valence-electron chi connectivity index (χ0n) is 11.6. The van der Waals surface area contributed by atoms with Crippen molar-refractivity contribution >= 4 is 5.82 Å². The third kappa shape index (κ3) is 2.30. The predicted molar refractivity (Wildman–Crippen MR) is 76.3 cm³/mol. The van der Waals surface area contributed by atoms with Crippen LogP contribution in [-0.4, -0.2) is 22.0 Å². The fraction of sp³-hybridized carbons (Fsp3) is 0.400. The zero-order chi connectivity index (χ0) is 13.4. The summed E-state index contributed by atoms with van der Waals surface area (Å²) in [7, 11) is 1.91. The average Bonchev–Trinajstić information content (AvgIpc) is 3.23. The minimum absolute atomic E-state index is 0.550. The molecule has 1 saturated carbocycles. The first kappa shape index (κ1) is 12.1. The Balaban J connectivity index is 2.15. The monoisotopic (exact) mass is 254 g/mol. The lowest BCUT2D eigenvalue weighted by atomic mass is 10.1. The largest absolute Gasteiger partial charge is 0.373 e. The van der Waals surface area contributed by atoms with E-state index in [0.717, 1.165) is 34.2 Å². The van der Waals surface area contributed by atoms with Crippen LogP contribution in [0.25, 0.3) is 11.3 Å². The van der Waals surface area contributed by atoms with E-state index in [2.05, 4.69) is 28.3 Å². The second-order valence-electron chi connectivity index (χ2n) is 5.11. The average molecular weight is 254 g/mol. The molecule has 1 fully saturated rings. The number of rotatable bonds is 3. The molecule has 1 aliphatic rings. The van der Waals surface area contributed by atoms with Gasteiger partial charge in [0.25, 0.3) is 0 Å². The Morgan fingerprint density at radius 2 is 2.00 bits per heavy atom. The van der Waals surface area contributed by atoms with Gasteiger partial charge in [0.1, 0.15) is 11.6 Å². The summed E-state index contributed by atoms with van der Waals surface area (Å²) in [5.74, 6) is 2.45. The molecule has 19 heavy (non-hydrogen) atoms. The number of nitrogens with one attached hydrogen (secondary N) is 1. The Morgan fingerprint density at radius 3 is 2.63 bits per heavy atom. The van der Waals surface area contributed by atoms with Crippen molar-refractivity contribution < 1.29 is 0 Å². The third-order valence-corrected chi connectivity index (χ3v) is 3.51. The van der Waals surface area contributed by atoms with Crippen molar-refractivity contribution in [3.8, 4) is 11.3 Å². The molecule has 4 heteroatoms. The van der Waals surface area contributed by atoms with E-state index < -0.39 is 0 Å². The second kappa shape index (κ2) is 4.61. The lowest BCUT2D eigenvalue weighted by Crippen LogP contribution is -2.04. The quantitative estimate of drug-likeness (QED) is 0.914. The van der Waals surface area contributed by atoms with Gasteiger partial charge in [-0.1, -0.05) is 0 Å². The Bertz CT molecular complexity index is 618. The minimum Gasteiger partial charge on any atom is -0.373 e. The number of aromatic nitrogens is 3. The summed E-state index contributed by atoms with van der Waals surface area (Å²) in [4.78, 5) is 13.6. The van der Waals surface area contributed by atoms with Crippen molar-refractivity contribution in [2.45, 2.75) is 32.6 Å². The number of hydrogen-bond acceptors (Lipinski definition) is 4. The zero-order valence-corrected chi connectivity index (χ0v) is 11.6. The van der Waals surface area contributed by atoms with Gasteiger partial charge in [-0.15, -0.1) is 0 Å². The van der Waals surface area contributed by atoms with Crippen LogP contribution in [0, 0.1) is 13.8 Å². The van der Waals surface area contributed by atoms with Crippen LogP contribution in [0.2, 0.25) is 0 Å². The first-order chi connectivity index (χ1) is 9.19. The number of pyridine rings is 1. The van der Waals surface area contributed by atoms with E-state index in [-0.39, 0.29) is 0 Å². The van der Waals surface area contributed by atoms with Crippen LogP contribution in [0.3, 0.4) is 0 Å². The first-order valence-electron chi connectivity index (χ1n) is 6.68. The topological polar surface area (TPSA) is 50.7 Å². The van der Waals surface area contributed by atoms with Crippen LogP contribution in [0.5, 0.6) is 0 Å². The van der Waals surface area contributed by atoms with Crippen LogP contribution in [0.4, 0.5) is 5.82 Å². The summed E-state index contributed by atoms with van der Waals surface area (Å²) in [6.45, 7) is 4.06. The van der Waals surface area contributed by atoms with Crippen molar-refractivity contribution in [3.63, 3.8) is 0 Å². The van der Waals surface area contributed by atoms with Gasteiger partial charge in [-0.05, 0) is 38.8 Å². The number of anilines is 1. The standard InChI is InChI=1S/C15H18N4/c1-9-8-12(6-7-17-9)13-10(2)14(16-3)19-15(18-13)11-4-5-11/h6-8,11H,4-5H2,1-3H3,(H,16,18,19). The second-order valence-corrected chi connectivity index (χ2v) is 5.11. The highest BCUT2D eigenvalue weighted by atomic mass is 15.0.